The highest BCUT2D eigenvalue weighted by atomic mass is 16.5. The van der Waals surface area contributed by atoms with E-state index in [1.807, 2.05) is 60.7 Å². The minimum Gasteiger partial charge on any atom is -0.457 e. The van der Waals surface area contributed by atoms with Gasteiger partial charge in [-0.25, -0.2) is 4.79 Å². The number of aliphatic hydroxyl groups is 1. The molecule has 0 amide bonds. The maximum Gasteiger partial charge on any atom is 0.338 e. The van der Waals surface area contributed by atoms with E-state index in [9.17, 15) is 9.90 Å². The van der Waals surface area contributed by atoms with E-state index in [0.717, 1.165) is 22.3 Å². The van der Waals surface area contributed by atoms with Gasteiger partial charge in [0.25, 0.3) is 0 Å². The zero-order valence-corrected chi connectivity index (χ0v) is 18.0. The molecule has 0 fully saturated rings. The number of esters is 1. The zero-order chi connectivity index (χ0) is 22.1. The number of carbonyl (C=O) groups excluding carboxylic acids is 1. The second-order valence-corrected chi connectivity index (χ2v) is 9.16. The van der Waals surface area contributed by atoms with Crippen molar-refractivity contribution in [3.05, 3.63) is 107 Å². The quantitative estimate of drug-likeness (QED) is 0.549. The molecule has 0 saturated carbocycles. The van der Waals surface area contributed by atoms with Crippen molar-refractivity contribution in [3.63, 3.8) is 0 Å². The molecule has 4 heteroatoms. The van der Waals surface area contributed by atoms with Crippen molar-refractivity contribution in [3.8, 4) is 0 Å². The second-order valence-electron chi connectivity index (χ2n) is 9.16. The summed E-state index contributed by atoms with van der Waals surface area (Å²) in [5.41, 5.74) is 9.66. The van der Waals surface area contributed by atoms with Gasteiger partial charge in [-0.15, -0.1) is 0 Å². The van der Waals surface area contributed by atoms with Crippen molar-refractivity contribution >= 4 is 5.97 Å². The smallest absolute Gasteiger partial charge is 0.338 e. The molecule has 3 N–H and O–H groups in total. The van der Waals surface area contributed by atoms with Crippen LogP contribution in [0.25, 0.3) is 0 Å². The Morgan fingerprint density at radius 1 is 1.00 bits per heavy atom. The number of carbonyl (C=O) groups is 1. The van der Waals surface area contributed by atoms with E-state index in [1.54, 1.807) is 6.07 Å². The molecule has 2 unspecified atom stereocenters. The summed E-state index contributed by atoms with van der Waals surface area (Å²) in [6.45, 7) is 4.53. The summed E-state index contributed by atoms with van der Waals surface area (Å²) >= 11 is 0. The number of cyclic esters (lactones) is 1. The molecule has 3 aromatic rings. The lowest BCUT2D eigenvalue weighted by Crippen LogP contribution is -2.47. The third kappa shape index (κ3) is 4.41. The highest BCUT2D eigenvalue weighted by molar-refractivity contribution is 5.93. The van der Waals surface area contributed by atoms with Gasteiger partial charge in [-0.2, -0.15) is 0 Å². The Morgan fingerprint density at radius 3 is 2.32 bits per heavy atom. The first-order valence-electron chi connectivity index (χ1n) is 10.7. The van der Waals surface area contributed by atoms with Gasteiger partial charge < -0.3 is 15.6 Å². The average molecular weight is 416 g/mol. The van der Waals surface area contributed by atoms with Crippen LogP contribution in [0.3, 0.4) is 0 Å². The van der Waals surface area contributed by atoms with Crippen molar-refractivity contribution in [1.29, 1.82) is 0 Å². The maximum atomic E-state index is 12.1. The van der Waals surface area contributed by atoms with Gasteiger partial charge >= 0.3 is 5.97 Å². The van der Waals surface area contributed by atoms with Gasteiger partial charge in [-0.3, -0.25) is 0 Å². The Labute approximate surface area is 183 Å². The van der Waals surface area contributed by atoms with Crippen LogP contribution in [-0.2, 0) is 23.2 Å². The fourth-order valence-corrected chi connectivity index (χ4v) is 4.65. The molecular weight excluding hydrogens is 386 g/mol. The summed E-state index contributed by atoms with van der Waals surface area (Å²) in [7, 11) is 0. The van der Waals surface area contributed by atoms with Crippen LogP contribution < -0.4 is 5.73 Å². The van der Waals surface area contributed by atoms with Crippen molar-refractivity contribution in [2.45, 2.75) is 50.4 Å². The first-order valence-corrected chi connectivity index (χ1v) is 10.7. The van der Waals surface area contributed by atoms with E-state index in [1.165, 1.54) is 0 Å². The van der Waals surface area contributed by atoms with Gasteiger partial charge in [0, 0.05) is 12.0 Å². The molecule has 31 heavy (non-hydrogen) atoms. The molecule has 1 aliphatic heterocycles. The summed E-state index contributed by atoms with van der Waals surface area (Å²) in [5, 5.41) is 12.1. The predicted octanol–water partition coefficient (Wildman–Crippen LogP) is 4.70. The lowest BCUT2D eigenvalue weighted by molar-refractivity contribution is -0.0117. The van der Waals surface area contributed by atoms with Crippen LogP contribution in [0.1, 0.15) is 58.9 Å². The summed E-state index contributed by atoms with van der Waals surface area (Å²) in [6.07, 6.45) is 0.907. The van der Waals surface area contributed by atoms with Gasteiger partial charge in [0.2, 0.25) is 0 Å². The van der Waals surface area contributed by atoms with Crippen LogP contribution >= 0.6 is 0 Å². The fraction of sp³-hybridized carbons (Fsp3) is 0.296. The number of nitrogens with two attached hydrogens (primary N) is 1. The Kier molecular flexibility index (Phi) is 5.69. The molecule has 4 nitrogen and oxygen atoms in total. The Hall–Kier alpha value is -2.95. The summed E-state index contributed by atoms with van der Waals surface area (Å²) < 4.78 is 5.14. The van der Waals surface area contributed by atoms with Crippen molar-refractivity contribution in [2.75, 3.05) is 0 Å². The number of hydrogen-bond acceptors (Lipinski definition) is 4. The van der Waals surface area contributed by atoms with Crippen LogP contribution in [-0.4, -0.2) is 16.7 Å². The lowest BCUT2D eigenvalue weighted by atomic mass is 9.69. The summed E-state index contributed by atoms with van der Waals surface area (Å²) in [4.78, 5) is 11.8. The van der Waals surface area contributed by atoms with E-state index in [2.05, 4.69) is 26.0 Å². The molecule has 3 aromatic carbocycles. The molecule has 0 spiro atoms. The second kappa shape index (κ2) is 8.29. The highest BCUT2D eigenvalue weighted by Gasteiger charge is 2.41. The molecule has 0 aromatic heterocycles. The number of hydrogen-bond donors (Lipinski definition) is 2. The van der Waals surface area contributed by atoms with Gasteiger partial charge in [0.15, 0.2) is 0 Å². The van der Waals surface area contributed by atoms with Crippen molar-refractivity contribution < 1.29 is 14.6 Å². The van der Waals surface area contributed by atoms with Crippen LogP contribution in [0.4, 0.5) is 0 Å². The van der Waals surface area contributed by atoms with Gasteiger partial charge in [0.05, 0.1) is 17.2 Å². The van der Waals surface area contributed by atoms with Crippen LogP contribution in [0.5, 0.6) is 0 Å². The van der Waals surface area contributed by atoms with Gasteiger partial charge in [-0.1, -0.05) is 80.6 Å². The fourth-order valence-electron chi connectivity index (χ4n) is 4.65. The molecule has 0 aliphatic carbocycles. The SMILES string of the molecule is CC(C)(CC(O)(Cc1ccccc1)C(N)c1ccc2c(c1)COC2=O)c1ccccc1. The van der Waals surface area contributed by atoms with E-state index in [-0.39, 0.29) is 18.0 Å². The predicted molar refractivity (Wildman–Crippen MR) is 122 cm³/mol. The average Bonchev–Trinajstić information content (AvgIpc) is 3.14. The Bertz CT molecular complexity index is 1060. The van der Waals surface area contributed by atoms with E-state index in [0.29, 0.717) is 18.4 Å². The number of benzene rings is 3. The number of ether oxygens (including phenoxy) is 1. The molecule has 1 heterocycles. The van der Waals surface area contributed by atoms with Crippen LogP contribution in [0.15, 0.2) is 78.9 Å². The number of rotatable bonds is 7. The largest absolute Gasteiger partial charge is 0.457 e. The maximum absolute atomic E-state index is 12.1. The minimum absolute atomic E-state index is 0.251. The van der Waals surface area contributed by atoms with Gasteiger partial charge in [0.1, 0.15) is 6.61 Å². The molecule has 160 valence electrons. The summed E-state index contributed by atoms with van der Waals surface area (Å²) in [5.74, 6) is -0.306. The normalized spacial score (nSPS) is 16.3. The van der Waals surface area contributed by atoms with Crippen LogP contribution in [0, 0.1) is 0 Å². The van der Waals surface area contributed by atoms with E-state index in [4.69, 9.17) is 10.5 Å². The van der Waals surface area contributed by atoms with Crippen molar-refractivity contribution in [2.24, 2.45) is 5.73 Å². The van der Waals surface area contributed by atoms with Crippen LogP contribution in [0.2, 0.25) is 0 Å². The first kappa shape index (κ1) is 21.3. The molecule has 0 saturated heterocycles. The summed E-state index contributed by atoms with van der Waals surface area (Å²) in [6, 6.07) is 25.0. The van der Waals surface area contributed by atoms with E-state index < -0.39 is 11.6 Å². The third-order valence-electron chi connectivity index (χ3n) is 6.30. The molecule has 2 atom stereocenters. The third-order valence-corrected chi connectivity index (χ3v) is 6.30. The Morgan fingerprint density at radius 2 is 1.65 bits per heavy atom. The minimum atomic E-state index is -1.20. The van der Waals surface area contributed by atoms with Crippen molar-refractivity contribution in [1.82, 2.24) is 0 Å². The topological polar surface area (TPSA) is 72.6 Å². The molecule has 4 rings (SSSR count). The van der Waals surface area contributed by atoms with Gasteiger partial charge in [-0.05, 0) is 40.7 Å². The molecule has 1 aliphatic rings. The first-order chi connectivity index (χ1) is 14.8. The molecule has 0 radical (unpaired) electrons. The number of fused-ring (bicyclic) bond motifs is 1. The van der Waals surface area contributed by atoms with E-state index >= 15 is 0 Å². The lowest BCUT2D eigenvalue weighted by Gasteiger charge is -2.41. The monoisotopic (exact) mass is 415 g/mol. The standard InChI is InChI=1S/C27H29NO3/c1-26(2,22-11-7-4-8-12-22)18-27(30,16-19-9-5-3-6-10-19)24(28)20-13-14-23-21(15-20)17-31-25(23)29/h3-15,24,30H,16-18,28H2,1-2H3. The Balaban J connectivity index is 1.70. The molecular formula is C27H29NO3. The molecule has 0 bridgehead atoms. The highest BCUT2D eigenvalue weighted by Crippen LogP contribution is 2.40. The zero-order valence-electron chi connectivity index (χ0n) is 18.0.